The van der Waals surface area contributed by atoms with Gasteiger partial charge in [-0.1, -0.05) is 6.07 Å². The van der Waals surface area contributed by atoms with Gasteiger partial charge in [-0.25, -0.2) is 4.39 Å². The van der Waals surface area contributed by atoms with Gasteiger partial charge in [0.05, 0.1) is 13.2 Å². The van der Waals surface area contributed by atoms with Crippen molar-refractivity contribution in [1.82, 2.24) is 9.88 Å². The fourth-order valence-electron chi connectivity index (χ4n) is 4.19. The molecule has 2 heterocycles. The van der Waals surface area contributed by atoms with Gasteiger partial charge >= 0.3 is 0 Å². The summed E-state index contributed by atoms with van der Waals surface area (Å²) < 4.78 is 21.2. The van der Waals surface area contributed by atoms with Crippen LogP contribution in [0.2, 0.25) is 0 Å². The zero-order chi connectivity index (χ0) is 21.3. The lowest BCUT2D eigenvalue weighted by Crippen LogP contribution is -2.37. The molecule has 1 aliphatic heterocycles. The fourth-order valence-corrected chi connectivity index (χ4v) is 4.19. The molecule has 2 aromatic carbocycles. The van der Waals surface area contributed by atoms with Gasteiger partial charge in [-0.15, -0.1) is 0 Å². The summed E-state index contributed by atoms with van der Waals surface area (Å²) >= 11 is 0. The van der Waals surface area contributed by atoms with Crippen molar-refractivity contribution >= 4 is 22.5 Å². The molecule has 3 aromatic rings. The fraction of sp³-hybridized carbons (Fsp3) is 0.375. The van der Waals surface area contributed by atoms with Crippen LogP contribution < -0.4 is 10.2 Å². The first-order chi connectivity index (χ1) is 14.4. The lowest BCUT2D eigenvalue weighted by Gasteiger charge is -2.30. The van der Waals surface area contributed by atoms with Gasteiger partial charge in [-0.05, 0) is 61.7 Å². The van der Waals surface area contributed by atoms with E-state index in [1.54, 1.807) is 12.1 Å². The van der Waals surface area contributed by atoms with E-state index in [9.17, 15) is 9.18 Å². The van der Waals surface area contributed by atoms with Gasteiger partial charge in [0.15, 0.2) is 0 Å². The number of halogens is 1. The van der Waals surface area contributed by atoms with Crippen LogP contribution in [0.5, 0.6) is 0 Å². The van der Waals surface area contributed by atoms with Gasteiger partial charge in [0.25, 0.3) is 5.91 Å². The van der Waals surface area contributed by atoms with Gasteiger partial charge in [0.2, 0.25) is 0 Å². The second-order valence-electron chi connectivity index (χ2n) is 8.11. The molecule has 0 radical (unpaired) electrons. The number of ether oxygens (including phenoxy) is 1. The SMILES string of the molecule is Cc1ccc(C(=O)N[C@H](C)Cc2cn(C)c3ccc(F)cc23)cc1N1CCOCC1. The molecular formula is C24H28FN3O2. The largest absolute Gasteiger partial charge is 0.378 e. The Balaban J connectivity index is 1.48. The number of hydrogen-bond donors (Lipinski definition) is 1. The van der Waals surface area contributed by atoms with E-state index >= 15 is 0 Å². The summed E-state index contributed by atoms with van der Waals surface area (Å²) in [6.45, 7) is 7.12. The van der Waals surface area contributed by atoms with E-state index in [-0.39, 0.29) is 17.8 Å². The van der Waals surface area contributed by atoms with Crippen molar-refractivity contribution in [2.45, 2.75) is 26.3 Å². The first-order valence-corrected chi connectivity index (χ1v) is 10.4. The highest BCUT2D eigenvalue weighted by Crippen LogP contribution is 2.24. The van der Waals surface area contributed by atoms with Crippen molar-refractivity contribution in [2.24, 2.45) is 7.05 Å². The maximum atomic E-state index is 13.7. The van der Waals surface area contributed by atoms with Crippen molar-refractivity contribution in [2.75, 3.05) is 31.2 Å². The number of rotatable bonds is 5. The smallest absolute Gasteiger partial charge is 0.251 e. The summed E-state index contributed by atoms with van der Waals surface area (Å²) in [5, 5.41) is 3.99. The van der Waals surface area contributed by atoms with Crippen molar-refractivity contribution in [1.29, 1.82) is 0 Å². The summed E-state index contributed by atoms with van der Waals surface area (Å²) in [4.78, 5) is 15.2. The molecule has 0 aliphatic carbocycles. The maximum Gasteiger partial charge on any atom is 0.251 e. The molecule has 5 nitrogen and oxygen atoms in total. The monoisotopic (exact) mass is 409 g/mol. The molecule has 6 heteroatoms. The van der Waals surface area contributed by atoms with E-state index in [1.165, 1.54) is 6.07 Å². The van der Waals surface area contributed by atoms with Crippen LogP contribution in [0.15, 0.2) is 42.6 Å². The van der Waals surface area contributed by atoms with E-state index < -0.39 is 0 Å². The highest BCUT2D eigenvalue weighted by molar-refractivity contribution is 5.95. The van der Waals surface area contributed by atoms with Crippen molar-refractivity contribution in [3.8, 4) is 0 Å². The van der Waals surface area contributed by atoms with E-state index in [2.05, 4.69) is 17.1 Å². The Morgan fingerprint density at radius 3 is 2.73 bits per heavy atom. The standard InChI is InChI=1S/C24H28FN3O2/c1-16-4-5-18(13-23(16)28-8-10-30-11-9-28)24(29)26-17(2)12-19-15-27(3)22-7-6-20(25)14-21(19)22/h4-7,13-15,17H,8-12H2,1-3H3,(H,26,29)/t17-/m1/s1. The molecule has 4 rings (SSSR count). The van der Waals surface area contributed by atoms with Gasteiger partial charge in [-0.2, -0.15) is 0 Å². The molecule has 1 aliphatic rings. The molecule has 1 aromatic heterocycles. The number of aromatic nitrogens is 1. The summed E-state index contributed by atoms with van der Waals surface area (Å²) in [6.07, 6.45) is 2.64. The number of nitrogens with one attached hydrogen (secondary N) is 1. The third-order valence-corrected chi connectivity index (χ3v) is 5.76. The van der Waals surface area contributed by atoms with Gasteiger partial charge in [0, 0.05) is 54.5 Å². The molecule has 158 valence electrons. The Kier molecular flexibility index (Phi) is 5.77. The molecule has 1 N–H and O–H groups in total. The Labute approximate surface area is 176 Å². The number of carbonyl (C=O) groups is 1. The normalized spacial score (nSPS) is 15.4. The zero-order valence-corrected chi connectivity index (χ0v) is 17.7. The highest BCUT2D eigenvalue weighted by atomic mass is 19.1. The number of hydrogen-bond acceptors (Lipinski definition) is 3. The molecule has 1 amide bonds. The maximum absolute atomic E-state index is 13.7. The molecule has 0 unspecified atom stereocenters. The molecule has 0 saturated carbocycles. The molecule has 1 fully saturated rings. The van der Waals surface area contributed by atoms with Crippen LogP contribution in [-0.2, 0) is 18.2 Å². The topological polar surface area (TPSA) is 46.5 Å². The van der Waals surface area contributed by atoms with Crippen LogP contribution in [0.3, 0.4) is 0 Å². The number of benzene rings is 2. The summed E-state index contributed by atoms with van der Waals surface area (Å²) in [6, 6.07) is 10.6. The quantitative estimate of drug-likeness (QED) is 0.697. The number of nitrogens with zero attached hydrogens (tertiary/aromatic N) is 2. The average molecular weight is 410 g/mol. The Morgan fingerprint density at radius 1 is 1.20 bits per heavy atom. The van der Waals surface area contributed by atoms with Gasteiger partial charge in [-0.3, -0.25) is 4.79 Å². The number of anilines is 1. The minimum absolute atomic E-state index is 0.0838. The van der Waals surface area contributed by atoms with Gasteiger partial charge in [0.1, 0.15) is 5.82 Å². The molecular weight excluding hydrogens is 381 g/mol. The van der Waals surface area contributed by atoms with E-state index in [4.69, 9.17) is 4.74 Å². The van der Waals surface area contributed by atoms with Crippen LogP contribution in [0.25, 0.3) is 10.9 Å². The number of amides is 1. The summed E-state index contributed by atoms with van der Waals surface area (Å²) in [5.74, 6) is -0.342. The van der Waals surface area contributed by atoms with Crippen molar-refractivity contribution in [3.63, 3.8) is 0 Å². The number of aryl methyl sites for hydroxylation is 2. The minimum atomic E-state index is -0.248. The first-order valence-electron chi connectivity index (χ1n) is 10.4. The second kappa shape index (κ2) is 8.48. The lowest BCUT2D eigenvalue weighted by atomic mass is 10.0. The average Bonchev–Trinajstić information content (AvgIpc) is 3.03. The zero-order valence-electron chi connectivity index (χ0n) is 17.7. The molecule has 30 heavy (non-hydrogen) atoms. The summed E-state index contributed by atoms with van der Waals surface area (Å²) in [5.41, 5.74) is 4.90. The predicted octanol–water partition coefficient (Wildman–Crippen LogP) is 3.82. The molecule has 0 spiro atoms. The van der Waals surface area contributed by atoms with Crippen LogP contribution in [0, 0.1) is 12.7 Å². The summed E-state index contributed by atoms with van der Waals surface area (Å²) in [7, 11) is 1.95. The van der Waals surface area contributed by atoms with Crippen LogP contribution >= 0.6 is 0 Å². The van der Waals surface area contributed by atoms with Crippen LogP contribution in [-0.4, -0.2) is 42.8 Å². The first kappa shape index (κ1) is 20.4. The molecule has 1 atom stereocenters. The van der Waals surface area contributed by atoms with E-state index in [0.29, 0.717) is 25.2 Å². The Hall–Kier alpha value is -2.86. The second-order valence-corrected chi connectivity index (χ2v) is 8.11. The Bertz CT molecular complexity index is 1070. The number of carbonyl (C=O) groups excluding carboxylic acids is 1. The minimum Gasteiger partial charge on any atom is -0.378 e. The van der Waals surface area contributed by atoms with Gasteiger partial charge < -0.3 is 19.5 Å². The van der Waals surface area contributed by atoms with Crippen molar-refractivity contribution < 1.29 is 13.9 Å². The predicted molar refractivity (Wildman–Crippen MR) is 118 cm³/mol. The van der Waals surface area contributed by atoms with Crippen LogP contribution in [0.1, 0.15) is 28.4 Å². The molecule has 0 bridgehead atoms. The highest BCUT2D eigenvalue weighted by Gasteiger charge is 2.18. The number of morpholine rings is 1. The van der Waals surface area contributed by atoms with Crippen molar-refractivity contribution in [3.05, 3.63) is 65.1 Å². The van der Waals surface area contributed by atoms with E-state index in [0.717, 1.165) is 40.8 Å². The lowest BCUT2D eigenvalue weighted by molar-refractivity contribution is 0.0940. The third-order valence-electron chi connectivity index (χ3n) is 5.76. The number of fused-ring (bicyclic) bond motifs is 1. The third kappa shape index (κ3) is 4.19. The van der Waals surface area contributed by atoms with E-state index in [1.807, 2.05) is 42.9 Å². The van der Waals surface area contributed by atoms with Crippen LogP contribution in [0.4, 0.5) is 10.1 Å². The molecule has 1 saturated heterocycles. The Morgan fingerprint density at radius 2 is 1.97 bits per heavy atom.